The first kappa shape index (κ1) is 18.3. The number of hydrogen-bond donors (Lipinski definition) is 1. The van der Waals surface area contributed by atoms with Crippen molar-refractivity contribution in [3.8, 4) is 11.1 Å². The van der Waals surface area contributed by atoms with Crippen LogP contribution in [-0.2, 0) is 0 Å². The van der Waals surface area contributed by atoms with Gasteiger partial charge in [-0.25, -0.2) is 14.4 Å². The molecule has 0 saturated carbocycles. The lowest BCUT2D eigenvalue weighted by Crippen LogP contribution is -2.52. The number of pyridine rings is 1. The van der Waals surface area contributed by atoms with E-state index in [4.69, 9.17) is 10.8 Å². The van der Waals surface area contributed by atoms with Crippen LogP contribution in [0.1, 0.15) is 22.8 Å². The van der Waals surface area contributed by atoms with Gasteiger partial charge in [-0.3, -0.25) is 4.79 Å². The molecule has 2 aliphatic heterocycles. The molecule has 0 aliphatic carbocycles. The lowest BCUT2D eigenvalue weighted by Gasteiger charge is -2.39. The zero-order valence-electron chi connectivity index (χ0n) is 16.6. The van der Waals surface area contributed by atoms with E-state index in [1.807, 2.05) is 36.2 Å². The number of carbonyl (C=O) groups excluding carboxylic acids is 1. The molecule has 3 aromatic rings. The molecule has 2 aliphatic rings. The van der Waals surface area contributed by atoms with Crippen LogP contribution in [0.3, 0.4) is 0 Å². The van der Waals surface area contributed by atoms with Gasteiger partial charge in [0.05, 0.1) is 17.0 Å². The molecule has 2 N–H and O–H groups in total. The van der Waals surface area contributed by atoms with Gasteiger partial charge in [0.15, 0.2) is 0 Å². The van der Waals surface area contributed by atoms with Gasteiger partial charge in [-0.15, -0.1) is 0 Å². The first-order valence-corrected chi connectivity index (χ1v) is 9.71. The van der Waals surface area contributed by atoms with E-state index < -0.39 is 0 Å². The number of aromatic nitrogens is 1. The molecule has 0 saturated heterocycles. The number of halogens is 1. The first-order valence-electron chi connectivity index (χ1n) is 9.71. The zero-order chi connectivity index (χ0) is 21.0. The molecule has 150 valence electrons. The average Bonchev–Trinajstić information content (AvgIpc) is 3.10. The van der Waals surface area contributed by atoms with Crippen molar-refractivity contribution < 1.29 is 9.18 Å². The number of nitrogen functional groups attached to an aromatic ring is 1. The number of amides is 1. The summed E-state index contributed by atoms with van der Waals surface area (Å²) in [4.78, 5) is 18.9. The van der Waals surface area contributed by atoms with Gasteiger partial charge in [0.25, 0.3) is 5.91 Å². The van der Waals surface area contributed by atoms with Crippen molar-refractivity contribution in [2.24, 2.45) is 11.0 Å². The fourth-order valence-electron chi connectivity index (χ4n) is 4.22. The summed E-state index contributed by atoms with van der Waals surface area (Å²) in [7, 11) is 1.79. The van der Waals surface area contributed by atoms with Crippen molar-refractivity contribution in [2.45, 2.75) is 13.1 Å². The van der Waals surface area contributed by atoms with Crippen molar-refractivity contribution in [1.29, 1.82) is 0 Å². The molecular formula is C23H20FN5O. The number of anilines is 2. The van der Waals surface area contributed by atoms with Crippen LogP contribution in [0.4, 0.5) is 15.9 Å². The van der Waals surface area contributed by atoms with E-state index in [0.717, 1.165) is 28.1 Å². The van der Waals surface area contributed by atoms with E-state index in [9.17, 15) is 9.18 Å². The third-order valence-electron chi connectivity index (χ3n) is 5.80. The maximum Gasteiger partial charge on any atom is 0.257 e. The fourth-order valence-corrected chi connectivity index (χ4v) is 4.22. The Kier molecular flexibility index (Phi) is 4.06. The Morgan fingerprint density at radius 1 is 1.00 bits per heavy atom. The van der Waals surface area contributed by atoms with Crippen LogP contribution in [0.15, 0.2) is 65.9 Å². The number of fused-ring (bicyclic) bond motifs is 3. The smallest absolute Gasteiger partial charge is 0.257 e. The van der Waals surface area contributed by atoms with Crippen molar-refractivity contribution >= 4 is 23.1 Å². The molecule has 0 fully saturated rings. The second-order valence-corrected chi connectivity index (χ2v) is 7.66. The Bertz CT molecular complexity index is 1170. The molecule has 2 atom stereocenters. The van der Waals surface area contributed by atoms with Crippen LogP contribution < -0.4 is 10.7 Å². The summed E-state index contributed by atoms with van der Waals surface area (Å²) < 4.78 is 13.4. The molecule has 1 amide bonds. The number of nitrogens with zero attached hydrogens (tertiary/aromatic N) is 4. The zero-order valence-corrected chi connectivity index (χ0v) is 16.6. The molecule has 3 heterocycles. The quantitative estimate of drug-likeness (QED) is 0.710. The summed E-state index contributed by atoms with van der Waals surface area (Å²) in [5, 5.41) is 6.76. The summed E-state index contributed by atoms with van der Waals surface area (Å²) >= 11 is 0. The minimum absolute atomic E-state index is 0.0422. The van der Waals surface area contributed by atoms with Crippen LogP contribution in [0, 0.1) is 11.7 Å². The second kappa shape index (κ2) is 6.66. The number of hydrogen-bond acceptors (Lipinski definition) is 5. The van der Waals surface area contributed by atoms with E-state index in [-0.39, 0.29) is 23.8 Å². The molecule has 0 spiro atoms. The van der Waals surface area contributed by atoms with Gasteiger partial charge in [-0.05, 0) is 47.5 Å². The van der Waals surface area contributed by atoms with Gasteiger partial charge in [0.1, 0.15) is 17.8 Å². The Labute approximate surface area is 173 Å². The predicted molar refractivity (Wildman–Crippen MR) is 115 cm³/mol. The molecule has 0 bridgehead atoms. The van der Waals surface area contributed by atoms with Crippen molar-refractivity contribution in [3.63, 3.8) is 0 Å². The monoisotopic (exact) mass is 401 g/mol. The molecule has 30 heavy (non-hydrogen) atoms. The lowest BCUT2D eigenvalue weighted by atomic mass is 9.93. The van der Waals surface area contributed by atoms with Gasteiger partial charge >= 0.3 is 0 Å². The lowest BCUT2D eigenvalue weighted by molar-refractivity contribution is 0.0693. The minimum atomic E-state index is -0.290. The van der Waals surface area contributed by atoms with E-state index in [1.165, 1.54) is 12.1 Å². The van der Waals surface area contributed by atoms with Crippen molar-refractivity contribution in [1.82, 2.24) is 9.88 Å². The Morgan fingerprint density at radius 2 is 1.70 bits per heavy atom. The van der Waals surface area contributed by atoms with Crippen LogP contribution in [0.2, 0.25) is 0 Å². The Hall–Kier alpha value is -3.74. The van der Waals surface area contributed by atoms with E-state index in [0.29, 0.717) is 11.4 Å². The van der Waals surface area contributed by atoms with Gasteiger partial charge in [0.2, 0.25) is 0 Å². The largest absolute Gasteiger partial charge is 0.384 e. The number of nitrogens with two attached hydrogens (primary N) is 1. The third kappa shape index (κ3) is 2.74. The standard InChI is InChI=1S/C23H20FN5O/c1-13-21(14-3-7-17(24)8-4-14)27-29-19-11-15(16-6-10-20(25)26-12-16)5-9-18(19)23(30)28(2)22(13)29/h3-13,22H,1-2H3,(H2,25,26). The van der Waals surface area contributed by atoms with Crippen LogP contribution >= 0.6 is 0 Å². The molecular weight excluding hydrogens is 381 g/mol. The van der Waals surface area contributed by atoms with E-state index in [1.54, 1.807) is 36.3 Å². The minimum Gasteiger partial charge on any atom is -0.384 e. The molecule has 0 radical (unpaired) electrons. The average molecular weight is 401 g/mol. The molecule has 6 nitrogen and oxygen atoms in total. The fraction of sp³-hybridized carbons (Fsp3) is 0.174. The van der Waals surface area contributed by atoms with Gasteiger partial charge < -0.3 is 10.6 Å². The summed E-state index contributed by atoms with van der Waals surface area (Å²) in [6, 6.07) is 15.6. The highest BCUT2D eigenvalue weighted by molar-refractivity contribution is 6.09. The summed E-state index contributed by atoms with van der Waals surface area (Å²) in [5.41, 5.74) is 10.6. The number of hydrazone groups is 1. The highest BCUT2D eigenvalue weighted by Crippen LogP contribution is 2.40. The van der Waals surface area contributed by atoms with Crippen molar-refractivity contribution in [2.75, 3.05) is 17.8 Å². The Morgan fingerprint density at radius 3 is 2.40 bits per heavy atom. The maximum atomic E-state index is 13.4. The molecule has 1 aromatic heterocycles. The third-order valence-corrected chi connectivity index (χ3v) is 5.80. The van der Waals surface area contributed by atoms with E-state index >= 15 is 0 Å². The normalized spacial score (nSPS) is 20.1. The highest BCUT2D eigenvalue weighted by atomic mass is 19.1. The SMILES string of the molecule is CC1C(c2ccc(F)cc2)=NN2c3cc(-c4ccc(N)nc4)ccc3C(=O)N(C)C12. The summed E-state index contributed by atoms with van der Waals surface area (Å²) in [6.45, 7) is 2.04. The summed E-state index contributed by atoms with van der Waals surface area (Å²) in [6.07, 6.45) is 1.47. The van der Waals surface area contributed by atoms with Gasteiger partial charge in [0, 0.05) is 24.7 Å². The maximum absolute atomic E-state index is 13.4. The van der Waals surface area contributed by atoms with Crippen molar-refractivity contribution in [3.05, 3.63) is 77.7 Å². The van der Waals surface area contributed by atoms with Gasteiger partial charge in [-0.2, -0.15) is 5.10 Å². The molecule has 2 unspecified atom stereocenters. The predicted octanol–water partition coefficient (Wildman–Crippen LogP) is 3.74. The van der Waals surface area contributed by atoms with Crippen LogP contribution in [-0.4, -0.2) is 34.7 Å². The molecule has 5 rings (SSSR count). The van der Waals surface area contributed by atoms with E-state index in [2.05, 4.69) is 4.98 Å². The van der Waals surface area contributed by atoms with Gasteiger partial charge in [-0.1, -0.05) is 25.1 Å². The number of carbonyl (C=O) groups is 1. The number of benzene rings is 2. The summed E-state index contributed by atoms with van der Waals surface area (Å²) in [5.74, 6) is 0.0765. The topological polar surface area (TPSA) is 74.8 Å². The molecule has 2 aromatic carbocycles. The first-order chi connectivity index (χ1) is 14.4. The second-order valence-electron chi connectivity index (χ2n) is 7.66. The van der Waals surface area contributed by atoms with Crippen LogP contribution in [0.25, 0.3) is 11.1 Å². The molecule has 7 heteroatoms. The van der Waals surface area contributed by atoms with Crippen LogP contribution in [0.5, 0.6) is 0 Å². The Balaban J connectivity index is 1.62. The highest BCUT2D eigenvalue weighted by Gasteiger charge is 2.45. The number of rotatable bonds is 2.